The van der Waals surface area contributed by atoms with Crippen LogP contribution in [0.25, 0.3) is 0 Å². The number of aryl methyl sites for hydroxylation is 1. The highest BCUT2D eigenvalue weighted by Crippen LogP contribution is 2.34. The van der Waals surface area contributed by atoms with Crippen LogP contribution >= 0.6 is 12.2 Å². The second kappa shape index (κ2) is 7.05. The zero-order chi connectivity index (χ0) is 17.9. The molecule has 0 fully saturated rings. The van der Waals surface area contributed by atoms with Gasteiger partial charge in [0.1, 0.15) is 0 Å². The Hall–Kier alpha value is -3.06. The van der Waals surface area contributed by atoms with Crippen LogP contribution in [0.5, 0.6) is 11.5 Å². The maximum atomic E-state index is 5.37. The van der Waals surface area contributed by atoms with Crippen molar-refractivity contribution in [3.8, 4) is 11.5 Å². The van der Waals surface area contributed by atoms with E-state index in [0.29, 0.717) is 17.4 Å². The van der Waals surface area contributed by atoms with Crippen LogP contribution in [0.1, 0.15) is 11.1 Å². The predicted octanol–water partition coefficient (Wildman–Crippen LogP) is 3.78. The van der Waals surface area contributed by atoms with Gasteiger partial charge in [-0.2, -0.15) is 5.10 Å². The van der Waals surface area contributed by atoms with Crippen molar-refractivity contribution in [2.45, 2.75) is 13.5 Å². The van der Waals surface area contributed by atoms with Crippen molar-refractivity contribution in [1.82, 2.24) is 9.78 Å². The fourth-order valence-corrected chi connectivity index (χ4v) is 2.90. The summed E-state index contributed by atoms with van der Waals surface area (Å²) in [7, 11) is 0. The lowest BCUT2D eigenvalue weighted by molar-refractivity contribution is 0.174. The molecule has 0 bridgehead atoms. The third-order valence-corrected chi connectivity index (χ3v) is 4.19. The van der Waals surface area contributed by atoms with Crippen LogP contribution in [0.3, 0.4) is 0 Å². The molecule has 1 aliphatic rings. The summed E-state index contributed by atoms with van der Waals surface area (Å²) in [6.45, 7) is 3.04. The summed E-state index contributed by atoms with van der Waals surface area (Å²) in [6, 6.07) is 14.0. The van der Waals surface area contributed by atoms with Crippen molar-refractivity contribution >= 4 is 28.7 Å². The second-order valence-electron chi connectivity index (χ2n) is 6.06. The first kappa shape index (κ1) is 16.4. The number of hydrogen-bond acceptors (Lipinski definition) is 4. The molecule has 0 radical (unpaired) electrons. The Morgan fingerprint density at radius 2 is 1.85 bits per heavy atom. The maximum absolute atomic E-state index is 5.37. The molecule has 2 aromatic carbocycles. The molecule has 0 spiro atoms. The number of anilines is 2. The summed E-state index contributed by atoms with van der Waals surface area (Å²) in [5.41, 5.74) is 4.11. The first-order valence-corrected chi connectivity index (χ1v) is 8.62. The molecular formula is C19H18N4O2S. The van der Waals surface area contributed by atoms with E-state index in [1.807, 2.05) is 29.1 Å². The summed E-state index contributed by atoms with van der Waals surface area (Å²) < 4.78 is 12.5. The van der Waals surface area contributed by atoms with E-state index >= 15 is 0 Å². The number of rotatable bonds is 4. The van der Waals surface area contributed by atoms with E-state index in [-0.39, 0.29) is 6.79 Å². The minimum Gasteiger partial charge on any atom is -0.454 e. The number of aromatic nitrogens is 2. The highest BCUT2D eigenvalue weighted by Gasteiger charge is 2.13. The summed E-state index contributed by atoms with van der Waals surface area (Å²) >= 11 is 5.37. The van der Waals surface area contributed by atoms with Gasteiger partial charge < -0.3 is 20.1 Å². The average Bonchev–Trinajstić information content (AvgIpc) is 3.25. The molecule has 0 atom stereocenters. The summed E-state index contributed by atoms with van der Waals surface area (Å²) in [6.07, 6.45) is 3.68. The molecule has 0 saturated heterocycles. The molecule has 132 valence electrons. The highest BCUT2D eigenvalue weighted by molar-refractivity contribution is 7.80. The minimum atomic E-state index is 0.252. The fraction of sp³-hybridized carbons (Fsp3) is 0.158. The molecule has 0 aliphatic carbocycles. The number of fused-ring (bicyclic) bond motifs is 1. The van der Waals surface area contributed by atoms with E-state index in [1.165, 1.54) is 11.1 Å². The first-order valence-electron chi connectivity index (χ1n) is 8.21. The van der Waals surface area contributed by atoms with Crippen LogP contribution in [-0.2, 0) is 6.54 Å². The zero-order valence-corrected chi connectivity index (χ0v) is 15.0. The van der Waals surface area contributed by atoms with E-state index in [2.05, 4.69) is 46.9 Å². The van der Waals surface area contributed by atoms with Gasteiger partial charge in [0.05, 0.1) is 18.4 Å². The standard InChI is InChI=1S/C19H18N4O2S/c1-13-2-4-14(5-3-13)10-23-11-16(9-20-23)22-19(26)21-15-6-7-17-18(8-15)25-12-24-17/h2-9,11H,10,12H2,1H3,(H2,21,22,26). The van der Waals surface area contributed by atoms with Gasteiger partial charge in [0.25, 0.3) is 0 Å². The molecule has 26 heavy (non-hydrogen) atoms. The highest BCUT2D eigenvalue weighted by atomic mass is 32.1. The van der Waals surface area contributed by atoms with E-state index < -0.39 is 0 Å². The molecule has 6 nitrogen and oxygen atoms in total. The molecule has 1 aromatic heterocycles. The average molecular weight is 366 g/mol. The number of ether oxygens (including phenoxy) is 2. The topological polar surface area (TPSA) is 60.3 Å². The number of hydrogen-bond donors (Lipinski definition) is 2. The van der Waals surface area contributed by atoms with E-state index in [4.69, 9.17) is 21.7 Å². The lowest BCUT2D eigenvalue weighted by atomic mass is 10.1. The molecule has 2 N–H and O–H groups in total. The minimum absolute atomic E-state index is 0.252. The molecule has 7 heteroatoms. The molecular weight excluding hydrogens is 348 g/mol. The molecule has 0 amide bonds. The second-order valence-corrected chi connectivity index (χ2v) is 6.47. The van der Waals surface area contributed by atoms with Crippen LogP contribution in [0.2, 0.25) is 0 Å². The van der Waals surface area contributed by atoms with Gasteiger partial charge in [-0.1, -0.05) is 29.8 Å². The normalized spacial score (nSPS) is 12.0. The Morgan fingerprint density at radius 3 is 2.69 bits per heavy atom. The van der Waals surface area contributed by atoms with Crippen molar-refractivity contribution in [3.63, 3.8) is 0 Å². The largest absolute Gasteiger partial charge is 0.454 e. The lowest BCUT2D eigenvalue weighted by Crippen LogP contribution is -2.18. The molecule has 3 aromatic rings. The SMILES string of the molecule is Cc1ccc(Cn2cc(NC(=S)Nc3ccc4c(c3)OCO4)cn2)cc1. The monoisotopic (exact) mass is 366 g/mol. The van der Waals surface area contributed by atoms with Crippen LogP contribution in [0.15, 0.2) is 54.9 Å². The quantitative estimate of drug-likeness (QED) is 0.686. The van der Waals surface area contributed by atoms with Crippen molar-refractivity contribution in [1.29, 1.82) is 0 Å². The van der Waals surface area contributed by atoms with Gasteiger partial charge in [-0.05, 0) is 36.8 Å². The molecule has 1 aliphatic heterocycles. The van der Waals surface area contributed by atoms with Crippen molar-refractivity contribution in [2.24, 2.45) is 0 Å². The molecule has 2 heterocycles. The Bertz CT molecular complexity index is 937. The van der Waals surface area contributed by atoms with Gasteiger partial charge in [-0.15, -0.1) is 0 Å². The first-order chi connectivity index (χ1) is 12.7. The summed E-state index contributed by atoms with van der Waals surface area (Å²) in [5, 5.41) is 11.1. The number of benzene rings is 2. The number of thiocarbonyl (C=S) groups is 1. The van der Waals surface area contributed by atoms with Crippen LogP contribution in [0.4, 0.5) is 11.4 Å². The molecule has 0 unspecified atom stereocenters. The molecule has 0 saturated carbocycles. The number of nitrogens with one attached hydrogen (secondary N) is 2. The van der Waals surface area contributed by atoms with E-state index in [0.717, 1.165) is 17.1 Å². The third-order valence-electron chi connectivity index (χ3n) is 3.99. The van der Waals surface area contributed by atoms with Gasteiger partial charge in [0.15, 0.2) is 16.6 Å². The van der Waals surface area contributed by atoms with Crippen molar-refractivity contribution < 1.29 is 9.47 Å². The predicted molar refractivity (Wildman–Crippen MR) is 105 cm³/mol. The summed E-state index contributed by atoms with van der Waals surface area (Å²) in [5.74, 6) is 1.45. The Morgan fingerprint density at radius 1 is 1.08 bits per heavy atom. The van der Waals surface area contributed by atoms with Gasteiger partial charge in [0, 0.05) is 18.0 Å². The Labute approximate surface area is 156 Å². The van der Waals surface area contributed by atoms with Crippen molar-refractivity contribution in [2.75, 3.05) is 17.4 Å². The third kappa shape index (κ3) is 3.78. The van der Waals surface area contributed by atoms with Crippen LogP contribution in [0, 0.1) is 6.92 Å². The van der Waals surface area contributed by atoms with Gasteiger partial charge in [-0.3, -0.25) is 4.68 Å². The zero-order valence-electron chi connectivity index (χ0n) is 14.2. The Balaban J connectivity index is 1.36. The Kier molecular flexibility index (Phi) is 4.45. The maximum Gasteiger partial charge on any atom is 0.231 e. The van der Waals surface area contributed by atoms with Crippen LogP contribution in [-0.4, -0.2) is 21.7 Å². The van der Waals surface area contributed by atoms with E-state index in [9.17, 15) is 0 Å². The van der Waals surface area contributed by atoms with Gasteiger partial charge in [0.2, 0.25) is 6.79 Å². The fourth-order valence-electron chi connectivity index (χ4n) is 2.66. The van der Waals surface area contributed by atoms with Crippen LogP contribution < -0.4 is 20.1 Å². The van der Waals surface area contributed by atoms with Gasteiger partial charge in [-0.25, -0.2) is 0 Å². The lowest BCUT2D eigenvalue weighted by Gasteiger charge is -2.09. The van der Waals surface area contributed by atoms with Gasteiger partial charge >= 0.3 is 0 Å². The van der Waals surface area contributed by atoms with E-state index in [1.54, 1.807) is 6.20 Å². The number of nitrogens with zero attached hydrogens (tertiary/aromatic N) is 2. The molecule has 4 rings (SSSR count). The summed E-state index contributed by atoms with van der Waals surface area (Å²) in [4.78, 5) is 0. The smallest absolute Gasteiger partial charge is 0.231 e. The van der Waals surface area contributed by atoms with Crippen molar-refractivity contribution in [3.05, 3.63) is 66.0 Å².